The molecule has 0 aromatic heterocycles. The van der Waals surface area contributed by atoms with E-state index in [-0.39, 0.29) is 24.0 Å². The number of hydrogen-bond acceptors (Lipinski definition) is 7. The Kier molecular flexibility index (Phi) is 13.6. The van der Waals surface area contributed by atoms with Crippen molar-refractivity contribution in [3.05, 3.63) is 0 Å². The molecule has 7 N–H and O–H groups in total. The minimum Gasteiger partial charge on any atom is -0.481 e. The fourth-order valence-electron chi connectivity index (χ4n) is 2.83. The Balaban J connectivity index is 5.52. The summed E-state index contributed by atoms with van der Waals surface area (Å²) in [5.41, 5.74) is 5.85. The van der Waals surface area contributed by atoms with Gasteiger partial charge in [0.1, 0.15) is 18.1 Å². The van der Waals surface area contributed by atoms with Crippen LogP contribution in [0.2, 0.25) is 0 Å². The third-order valence-electron chi connectivity index (χ3n) is 4.93. The van der Waals surface area contributed by atoms with E-state index in [0.717, 1.165) is 0 Å². The van der Waals surface area contributed by atoms with Crippen molar-refractivity contribution >= 4 is 42.3 Å². The largest absolute Gasteiger partial charge is 0.481 e. The van der Waals surface area contributed by atoms with Crippen molar-refractivity contribution in [2.45, 2.75) is 77.5 Å². The molecule has 0 bridgehead atoms. The molecule has 12 heteroatoms. The smallest absolute Gasteiger partial charge is 0.327 e. The molecule has 0 fully saturated rings. The summed E-state index contributed by atoms with van der Waals surface area (Å²) in [4.78, 5) is 60.2. The molecular formula is C20H36N4O7S. The van der Waals surface area contributed by atoms with Crippen molar-refractivity contribution < 1.29 is 34.2 Å². The van der Waals surface area contributed by atoms with E-state index in [9.17, 15) is 24.0 Å². The number of carboxylic acids is 2. The van der Waals surface area contributed by atoms with E-state index in [1.54, 1.807) is 13.8 Å². The number of hydrogen-bond donors (Lipinski definition) is 7. The average molecular weight is 477 g/mol. The van der Waals surface area contributed by atoms with Crippen molar-refractivity contribution in [2.24, 2.45) is 17.6 Å². The quantitative estimate of drug-likeness (QED) is 0.157. The van der Waals surface area contributed by atoms with Gasteiger partial charge < -0.3 is 31.9 Å². The van der Waals surface area contributed by atoms with Crippen molar-refractivity contribution in [2.75, 3.05) is 5.75 Å². The first-order chi connectivity index (χ1) is 14.8. The lowest BCUT2D eigenvalue weighted by molar-refractivity contribution is -0.142. The summed E-state index contributed by atoms with van der Waals surface area (Å²) in [7, 11) is 0. The zero-order valence-corrected chi connectivity index (χ0v) is 19.9. The Hall–Kier alpha value is -2.34. The molecule has 184 valence electrons. The minimum atomic E-state index is -1.27. The summed E-state index contributed by atoms with van der Waals surface area (Å²) in [6.07, 6.45) is 0.267. The van der Waals surface area contributed by atoms with E-state index < -0.39 is 60.2 Å². The summed E-state index contributed by atoms with van der Waals surface area (Å²) in [5, 5.41) is 25.4. The van der Waals surface area contributed by atoms with Gasteiger partial charge in [0.15, 0.2) is 0 Å². The lowest BCUT2D eigenvalue weighted by Crippen LogP contribution is -2.59. The molecule has 0 rings (SSSR count). The third kappa shape index (κ3) is 10.8. The number of nitrogens with two attached hydrogens (primary N) is 1. The first-order valence-electron chi connectivity index (χ1n) is 10.6. The Labute approximate surface area is 193 Å². The molecule has 5 unspecified atom stereocenters. The van der Waals surface area contributed by atoms with Crippen LogP contribution in [0.25, 0.3) is 0 Å². The highest BCUT2D eigenvalue weighted by molar-refractivity contribution is 7.80. The van der Waals surface area contributed by atoms with Crippen LogP contribution in [0.4, 0.5) is 0 Å². The van der Waals surface area contributed by atoms with Crippen molar-refractivity contribution in [3.8, 4) is 0 Å². The summed E-state index contributed by atoms with van der Waals surface area (Å²) < 4.78 is 0. The second kappa shape index (κ2) is 14.7. The molecule has 0 saturated heterocycles. The Morgan fingerprint density at radius 2 is 1.47 bits per heavy atom. The lowest BCUT2D eigenvalue weighted by atomic mass is 9.97. The average Bonchev–Trinajstić information content (AvgIpc) is 2.70. The molecular weight excluding hydrogens is 440 g/mol. The van der Waals surface area contributed by atoms with Crippen molar-refractivity contribution in [3.63, 3.8) is 0 Å². The van der Waals surface area contributed by atoms with Gasteiger partial charge in [-0.2, -0.15) is 12.6 Å². The molecule has 5 atom stereocenters. The normalized spacial score (nSPS) is 15.7. The number of thiol groups is 1. The van der Waals surface area contributed by atoms with Gasteiger partial charge in [0.05, 0.1) is 6.04 Å². The summed E-state index contributed by atoms with van der Waals surface area (Å²) in [6.45, 7) is 7.25. The Bertz CT molecular complexity index is 674. The summed E-state index contributed by atoms with van der Waals surface area (Å²) >= 11 is 3.90. The first-order valence-corrected chi connectivity index (χ1v) is 11.2. The van der Waals surface area contributed by atoms with Crippen LogP contribution in [0.1, 0.15) is 53.4 Å². The molecule has 32 heavy (non-hydrogen) atoms. The minimum absolute atomic E-state index is 0.134. The van der Waals surface area contributed by atoms with Crippen LogP contribution >= 0.6 is 12.6 Å². The second-order valence-electron chi connectivity index (χ2n) is 8.18. The van der Waals surface area contributed by atoms with Crippen LogP contribution in [0, 0.1) is 11.8 Å². The third-order valence-corrected chi connectivity index (χ3v) is 5.30. The van der Waals surface area contributed by atoms with Gasteiger partial charge >= 0.3 is 11.9 Å². The van der Waals surface area contributed by atoms with Gasteiger partial charge in [0.2, 0.25) is 17.7 Å². The van der Waals surface area contributed by atoms with Crippen molar-refractivity contribution in [1.29, 1.82) is 0 Å². The molecule has 0 heterocycles. The second-order valence-corrected chi connectivity index (χ2v) is 8.55. The van der Waals surface area contributed by atoms with Crippen LogP contribution in [-0.2, 0) is 24.0 Å². The highest BCUT2D eigenvalue weighted by Gasteiger charge is 2.32. The molecule has 0 spiro atoms. The fraction of sp³-hybridized carbons (Fsp3) is 0.750. The predicted molar refractivity (Wildman–Crippen MR) is 121 cm³/mol. The highest BCUT2D eigenvalue weighted by Crippen LogP contribution is 2.11. The molecule has 0 aliphatic rings. The number of rotatable bonds is 15. The maximum Gasteiger partial charge on any atom is 0.327 e. The van der Waals surface area contributed by atoms with Crippen LogP contribution < -0.4 is 21.7 Å². The van der Waals surface area contributed by atoms with E-state index in [1.165, 1.54) is 0 Å². The van der Waals surface area contributed by atoms with Gasteiger partial charge in [-0.1, -0.05) is 34.1 Å². The molecule has 0 radical (unpaired) electrons. The summed E-state index contributed by atoms with van der Waals surface area (Å²) in [6, 6.07) is -4.44. The zero-order chi connectivity index (χ0) is 25.0. The first kappa shape index (κ1) is 29.7. The molecule has 0 aromatic rings. The maximum absolute atomic E-state index is 12.9. The van der Waals surface area contributed by atoms with Gasteiger partial charge in [-0.05, 0) is 24.7 Å². The number of carboxylic acid groups (broad SMARTS) is 2. The maximum atomic E-state index is 12.9. The van der Waals surface area contributed by atoms with E-state index in [2.05, 4.69) is 28.6 Å². The zero-order valence-electron chi connectivity index (χ0n) is 19.0. The molecule has 0 aliphatic carbocycles. The molecule has 0 aromatic carbocycles. The molecule has 0 saturated carbocycles. The number of aliphatic carboxylic acids is 2. The number of carbonyl (C=O) groups excluding carboxylic acids is 3. The topological polar surface area (TPSA) is 188 Å². The molecule has 3 amide bonds. The van der Waals surface area contributed by atoms with E-state index >= 15 is 0 Å². The van der Waals surface area contributed by atoms with Crippen LogP contribution in [0.3, 0.4) is 0 Å². The van der Waals surface area contributed by atoms with Gasteiger partial charge in [-0.15, -0.1) is 0 Å². The fourth-order valence-corrected chi connectivity index (χ4v) is 3.08. The molecule has 11 nitrogen and oxygen atoms in total. The number of carbonyl (C=O) groups is 5. The standard InChI is InChI=1S/C20H36N4O7S/c1-5-11(4)16(19(29)23-14(9-32)20(30)31)24-18(28)13(6-7-15(25)26)22-17(27)12(21)8-10(2)3/h10-14,16,32H,5-9,21H2,1-4H3,(H,22,27)(H,23,29)(H,24,28)(H,25,26)(H,30,31). The van der Waals surface area contributed by atoms with Crippen molar-refractivity contribution in [1.82, 2.24) is 16.0 Å². The van der Waals surface area contributed by atoms with Crippen LogP contribution in [-0.4, -0.2) is 69.8 Å². The van der Waals surface area contributed by atoms with E-state index in [0.29, 0.717) is 12.8 Å². The highest BCUT2D eigenvalue weighted by atomic mass is 32.1. The summed E-state index contributed by atoms with van der Waals surface area (Å²) in [5.74, 6) is -4.88. The SMILES string of the molecule is CCC(C)C(NC(=O)C(CCC(=O)O)NC(=O)C(N)CC(C)C)C(=O)NC(CS)C(=O)O. The number of nitrogens with one attached hydrogen (secondary N) is 3. The Morgan fingerprint density at radius 1 is 0.906 bits per heavy atom. The van der Waals surface area contributed by atoms with E-state index in [4.69, 9.17) is 15.9 Å². The van der Waals surface area contributed by atoms with Gasteiger partial charge in [0, 0.05) is 12.2 Å². The monoisotopic (exact) mass is 476 g/mol. The van der Waals surface area contributed by atoms with Gasteiger partial charge in [-0.25, -0.2) is 4.79 Å². The van der Waals surface area contributed by atoms with Crippen LogP contribution in [0.5, 0.6) is 0 Å². The Morgan fingerprint density at radius 3 is 1.91 bits per heavy atom. The van der Waals surface area contributed by atoms with Gasteiger partial charge in [-0.3, -0.25) is 19.2 Å². The number of amides is 3. The van der Waals surface area contributed by atoms with Gasteiger partial charge in [0.25, 0.3) is 0 Å². The van der Waals surface area contributed by atoms with E-state index in [1.807, 2.05) is 13.8 Å². The predicted octanol–water partition coefficient (Wildman–Crippen LogP) is -0.260. The molecule has 0 aliphatic heterocycles. The van der Waals surface area contributed by atoms with Crippen LogP contribution in [0.15, 0.2) is 0 Å². The lowest BCUT2D eigenvalue weighted by Gasteiger charge is -2.28.